The minimum atomic E-state index is -0.166. The van der Waals surface area contributed by atoms with E-state index in [1.54, 1.807) is 12.1 Å². The maximum absolute atomic E-state index is 12.5. The third-order valence-corrected chi connectivity index (χ3v) is 4.75. The Morgan fingerprint density at radius 1 is 1.25 bits per heavy atom. The van der Waals surface area contributed by atoms with Gasteiger partial charge in [0.2, 0.25) is 4.96 Å². The lowest BCUT2D eigenvalue weighted by Gasteiger charge is -2.07. The maximum Gasteiger partial charge on any atom is 0.283 e. The van der Waals surface area contributed by atoms with Crippen molar-refractivity contribution >= 4 is 38.8 Å². The molecule has 2 aromatic heterocycles. The quantitative estimate of drug-likeness (QED) is 0.559. The van der Waals surface area contributed by atoms with Crippen molar-refractivity contribution in [2.45, 2.75) is 13.5 Å². The lowest BCUT2D eigenvalue weighted by molar-refractivity contribution is 0.302. The van der Waals surface area contributed by atoms with Crippen LogP contribution in [0.3, 0.4) is 0 Å². The van der Waals surface area contributed by atoms with Crippen LogP contribution in [0.2, 0.25) is 5.02 Å². The molecule has 24 heavy (non-hydrogen) atoms. The van der Waals surface area contributed by atoms with E-state index >= 15 is 0 Å². The monoisotopic (exact) mass is 357 g/mol. The predicted molar refractivity (Wildman–Crippen MR) is 95.2 cm³/mol. The molecule has 0 spiro atoms. The summed E-state index contributed by atoms with van der Waals surface area (Å²) in [5.74, 6) is 0.740. The summed E-state index contributed by atoms with van der Waals surface area (Å²) in [4.78, 5) is 17.5. The van der Waals surface area contributed by atoms with Crippen LogP contribution in [0, 0.1) is 6.92 Å². The van der Waals surface area contributed by atoms with Crippen LogP contribution in [-0.4, -0.2) is 14.6 Å². The van der Waals surface area contributed by atoms with Gasteiger partial charge in [-0.3, -0.25) is 4.79 Å². The summed E-state index contributed by atoms with van der Waals surface area (Å²) in [5, 5.41) is 6.24. The van der Waals surface area contributed by atoms with Crippen molar-refractivity contribution in [1.29, 1.82) is 0 Å². The van der Waals surface area contributed by atoms with Gasteiger partial charge < -0.3 is 4.74 Å². The summed E-state index contributed by atoms with van der Waals surface area (Å²) in [6, 6.07) is 12.7. The van der Waals surface area contributed by atoms with Crippen molar-refractivity contribution in [2.75, 3.05) is 0 Å². The highest BCUT2D eigenvalue weighted by Gasteiger charge is 2.11. The highest BCUT2D eigenvalue weighted by molar-refractivity contribution is 7.16. The number of para-hydroxylation sites is 1. The number of hydrogen-bond donors (Lipinski definition) is 0. The number of benzene rings is 2. The number of aromatic nitrogens is 3. The number of ether oxygens (including phenoxy) is 1. The molecule has 0 radical (unpaired) electrons. The second kappa shape index (κ2) is 5.89. The molecule has 0 saturated heterocycles. The number of hydrogen-bond acceptors (Lipinski definition) is 5. The molecule has 0 N–H and O–H groups in total. The van der Waals surface area contributed by atoms with E-state index in [0.717, 1.165) is 11.3 Å². The summed E-state index contributed by atoms with van der Waals surface area (Å²) >= 11 is 7.29. The fourth-order valence-corrected chi connectivity index (χ4v) is 3.50. The molecule has 0 unspecified atom stereocenters. The molecular weight excluding hydrogens is 346 g/mol. The largest absolute Gasteiger partial charge is 0.486 e. The zero-order valence-corrected chi connectivity index (χ0v) is 14.3. The van der Waals surface area contributed by atoms with Crippen LogP contribution >= 0.6 is 22.9 Å². The van der Waals surface area contributed by atoms with E-state index in [0.29, 0.717) is 25.9 Å². The van der Waals surface area contributed by atoms with Gasteiger partial charge in [-0.2, -0.15) is 9.61 Å². The molecule has 5 nitrogen and oxygen atoms in total. The normalized spacial score (nSPS) is 11.2. The molecule has 0 fully saturated rings. The lowest BCUT2D eigenvalue weighted by Crippen LogP contribution is -2.15. The highest BCUT2D eigenvalue weighted by atomic mass is 35.5. The van der Waals surface area contributed by atoms with Crippen molar-refractivity contribution in [1.82, 2.24) is 14.6 Å². The number of nitrogens with zero attached hydrogens (tertiary/aromatic N) is 3. The van der Waals surface area contributed by atoms with Gasteiger partial charge in [-0.15, -0.1) is 0 Å². The number of rotatable bonds is 3. The summed E-state index contributed by atoms with van der Waals surface area (Å²) in [7, 11) is 0. The van der Waals surface area contributed by atoms with Gasteiger partial charge in [0.05, 0.1) is 10.9 Å². The average Bonchev–Trinajstić information content (AvgIpc) is 2.97. The second-order valence-electron chi connectivity index (χ2n) is 5.32. The van der Waals surface area contributed by atoms with Crippen molar-refractivity contribution < 1.29 is 4.74 Å². The molecule has 0 bridgehead atoms. The molecule has 0 amide bonds. The summed E-state index contributed by atoms with van der Waals surface area (Å²) in [6.07, 6.45) is 0. The first-order valence-corrected chi connectivity index (χ1v) is 8.48. The van der Waals surface area contributed by atoms with Crippen LogP contribution in [0.25, 0.3) is 15.9 Å². The summed E-state index contributed by atoms with van der Waals surface area (Å²) in [6.45, 7) is 2.20. The van der Waals surface area contributed by atoms with Gasteiger partial charge >= 0.3 is 0 Å². The van der Waals surface area contributed by atoms with E-state index < -0.39 is 0 Å². The Morgan fingerprint density at radius 2 is 2.08 bits per heavy atom. The SMILES string of the molecule is Cc1cc(Cl)ccc1OCc1nn2c(=O)c3ccccc3nc2s1. The lowest BCUT2D eigenvalue weighted by atomic mass is 10.2. The number of fused-ring (bicyclic) bond motifs is 2. The van der Waals surface area contributed by atoms with Gasteiger partial charge in [0.15, 0.2) is 5.01 Å². The van der Waals surface area contributed by atoms with Crippen LogP contribution in [0.1, 0.15) is 10.6 Å². The van der Waals surface area contributed by atoms with Crippen molar-refractivity contribution in [2.24, 2.45) is 0 Å². The van der Waals surface area contributed by atoms with Crippen LogP contribution < -0.4 is 10.3 Å². The fraction of sp³-hybridized carbons (Fsp3) is 0.118. The molecule has 4 rings (SSSR count). The highest BCUT2D eigenvalue weighted by Crippen LogP contribution is 2.23. The molecule has 2 aromatic carbocycles. The molecule has 4 aromatic rings. The van der Waals surface area contributed by atoms with E-state index in [1.807, 2.05) is 37.3 Å². The van der Waals surface area contributed by atoms with Gasteiger partial charge in [-0.25, -0.2) is 4.98 Å². The summed E-state index contributed by atoms with van der Waals surface area (Å²) < 4.78 is 7.12. The van der Waals surface area contributed by atoms with E-state index in [2.05, 4.69) is 10.1 Å². The molecule has 0 atom stereocenters. The zero-order chi connectivity index (χ0) is 16.7. The van der Waals surface area contributed by atoms with E-state index in [9.17, 15) is 4.79 Å². The third-order valence-electron chi connectivity index (χ3n) is 3.63. The van der Waals surface area contributed by atoms with Gasteiger partial charge in [0.25, 0.3) is 5.56 Å². The molecule has 0 saturated carbocycles. The minimum absolute atomic E-state index is 0.166. The van der Waals surface area contributed by atoms with Gasteiger partial charge in [-0.05, 0) is 42.8 Å². The first-order valence-electron chi connectivity index (χ1n) is 7.28. The number of halogens is 1. The predicted octanol–water partition coefficient (Wildman–Crippen LogP) is 3.85. The van der Waals surface area contributed by atoms with Crippen molar-refractivity contribution in [3.05, 3.63) is 68.4 Å². The summed E-state index contributed by atoms with van der Waals surface area (Å²) in [5.41, 5.74) is 1.46. The smallest absolute Gasteiger partial charge is 0.283 e. The second-order valence-corrected chi connectivity index (χ2v) is 6.80. The minimum Gasteiger partial charge on any atom is -0.486 e. The Bertz CT molecular complexity index is 1120. The molecule has 0 aliphatic heterocycles. The topological polar surface area (TPSA) is 56.5 Å². The van der Waals surface area contributed by atoms with Crippen LogP contribution in [0.15, 0.2) is 47.3 Å². The van der Waals surface area contributed by atoms with E-state index in [1.165, 1.54) is 15.9 Å². The Labute approximate surface area is 146 Å². The van der Waals surface area contributed by atoms with Gasteiger partial charge in [-0.1, -0.05) is 35.1 Å². The van der Waals surface area contributed by atoms with E-state index in [4.69, 9.17) is 16.3 Å². The van der Waals surface area contributed by atoms with Crippen molar-refractivity contribution in [3.8, 4) is 5.75 Å². The molecule has 7 heteroatoms. The first-order chi connectivity index (χ1) is 11.6. The third kappa shape index (κ3) is 2.64. The molecular formula is C17H12ClN3O2S. The Kier molecular flexibility index (Phi) is 3.70. The van der Waals surface area contributed by atoms with Gasteiger partial charge in [0, 0.05) is 5.02 Å². The molecule has 0 aliphatic rings. The van der Waals surface area contributed by atoms with E-state index in [-0.39, 0.29) is 12.2 Å². The zero-order valence-electron chi connectivity index (χ0n) is 12.7. The average molecular weight is 358 g/mol. The van der Waals surface area contributed by atoms with Crippen LogP contribution in [-0.2, 0) is 6.61 Å². The van der Waals surface area contributed by atoms with Gasteiger partial charge in [0.1, 0.15) is 12.4 Å². The molecule has 2 heterocycles. The molecule has 120 valence electrons. The molecule has 0 aliphatic carbocycles. The Hall–Kier alpha value is -2.44. The van der Waals surface area contributed by atoms with Crippen LogP contribution in [0.4, 0.5) is 0 Å². The maximum atomic E-state index is 12.5. The number of aryl methyl sites for hydroxylation is 1. The fourth-order valence-electron chi connectivity index (χ4n) is 2.47. The van der Waals surface area contributed by atoms with Crippen LogP contribution in [0.5, 0.6) is 5.75 Å². The Balaban J connectivity index is 1.69. The first kappa shape index (κ1) is 15.1. The Morgan fingerprint density at radius 3 is 2.92 bits per heavy atom. The standard InChI is InChI=1S/C17H12ClN3O2S/c1-10-8-11(18)6-7-14(10)23-9-15-20-21-16(22)12-4-2-3-5-13(12)19-17(21)24-15/h2-8H,9H2,1H3. The van der Waals surface area contributed by atoms with Crippen molar-refractivity contribution in [3.63, 3.8) is 0 Å².